The minimum atomic E-state index is -1.02. The van der Waals surface area contributed by atoms with Gasteiger partial charge in [-0.25, -0.2) is 13.8 Å². The molecule has 1 aromatic carbocycles. The van der Waals surface area contributed by atoms with Crippen LogP contribution in [-0.4, -0.2) is 10.9 Å². The second-order valence-electron chi connectivity index (χ2n) is 3.44. The van der Waals surface area contributed by atoms with E-state index in [-0.39, 0.29) is 11.4 Å². The average molecular weight is 313 g/mol. The van der Waals surface area contributed by atoms with Gasteiger partial charge in [-0.1, -0.05) is 0 Å². The predicted octanol–water partition coefficient (Wildman–Crippen LogP) is 3.37. The topological polar surface area (TPSA) is 42.0 Å². The third-order valence-corrected chi connectivity index (χ3v) is 2.61. The van der Waals surface area contributed by atoms with Gasteiger partial charge in [0.25, 0.3) is 5.91 Å². The molecule has 0 unspecified atom stereocenters. The zero-order valence-electron chi connectivity index (χ0n) is 8.95. The van der Waals surface area contributed by atoms with Crippen molar-refractivity contribution in [2.45, 2.75) is 0 Å². The van der Waals surface area contributed by atoms with E-state index in [0.29, 0.717) is 0 Å². The first-order chi connectivity index (χ1) is 8.56. The number of benzene rings is 1. The molecule has 0 radical (unpaired) electrons. The van der Waals surface area contributed by atoms with Crippen LogP contribution in [0.3, 0.4) is 0 Å². The highest BCUT2D eigenvalue weighted by molar-refractivity contribution is 9.10. The fourth-order valence-corrected chi connectivity index (χ4v) is 1.51. The van der Waals surface area contributed by atoms with Crippen LogP contribution in [0.25, 0.3) is 0 Å². The van der Waals surface area contributed by atoms with Gasteiger partial charge in [0.2, 0.25) is 0 Å². The Morgan fingerprint density at radius 3 is 2.56 bits per heavy atom. The van der Waals surface area contributed by atoms with Crippen LogP contribution in [0.1, 0.15) is 10.5 Å². The monoisotopic (exact) mass is 312 g/mol. The molecule has 2 aromatic rings. The minimum Gasteiger partial charge on any atom is -0.321 e. The van der Waals surface area contributed by atoms with E-state index in [2.05, 4.69) is 26.2 Å². The van der Waals surface area contributed by atoms with Gasteiger partial charge in [-0.3, -0.25) is 4.79 Å². The molecule has 3 nitrogen and oxygen atoms in total. The summed E-state index contributed by atoms with van der Waals surface area (Å²) in [6.07, 6.45) is 1.47. The van der Waals surface area contributed by atoms with E-state index in [4.69, 9.17) is 0 Å². The molecule has 0 spiro atoms. The Hall–Kier alpha value is -1.82. The van der Waals surface area contributed by atoms with Crippen molar-refractivity contribution < 1.29 is 13.6 Å². The van der Waals surface area contributed by atoms with E-state index < -0.39 is 17.5 Å². The van der Waals surface area contributed by atoms with E-state index in [9.17, 15) is 13.6 Å². The van der Waals surface area contributed by atoms with Gasteiger partial charge in [-0.05, 0) is 40.2 Å². The van der Waals surface area contributed by atoms with E-state index in [0.717, 1.165) is 16.6 Å². The summed E-state index contributed by atoms with van der Waals surface area (Å²) in [5, 5.41) is 2.42. The number of aromatic nitrogens is 1. The van der Waals surface area contributed by atoms with Gasteiger partial charge in [-0.15, -0.1) is 0 Å². The molecule has 0 bridgehead atoms. The van der Waals surface area contributed by atoms with Crippen molar-refractivity contribution in [3.63, 3.8) is 0 Å². The van der Waals surface area contributed by atoms with Crippen molar-refractivity contribution in [3.05, 3.63) is 58.3 Å². The molecule has 0 fully saturated rings. The SMILES string of the molecule is O=C(Nc1ccc(F)c(F)c1)c1ccc(Br)cn1. The summed E-state index contributed by atoms with van der Waals surface area (Å²) in [5.74, 6) is -2.47. The maximum absolute atomic E-state index is 12.9. The Morgan fingerprint density at radius 1 is 1.17 bits per heavy atom. The van der Waals surface area contributed by atoms with Gasteiger partial charge in [0.15, 0.2) is 11.6 Å². The van der Waals surface area contributed by atoms with Crippen molar-refractivity contribution in [2.75, 3.05) is 5.32 Å². The lowest BCUT2D eigenvalue weighted by Gasteiger charge is -2.05. The Balaban J connectivity index is 2.16. The number of amides is 1. The zero-order chi connectivity index (χ0) is 13.1. The number of halogens is 3. The molecule has 0 saturated heterocycles. The highest BCUT2D eigenvalue weighted by atomic mass is 79.9. The number of carbonyl (C=O) groups is 1. The quantitative estimate of drug-likeness (QED) is 0.923. The number of rotatable bonds is 2. The highest BCUT2D eigenvalue weighted by Crippen LogP contribution is 2.14. The Bertz CT molecular complexity index is 587. The van der Waals surface area contributed by atoms with Crippen molar-refractivity contribution in [1.29, 1.82) is 0 Å². The van der Waals surface area contributed by atoms with E-state index in [1.807, 2.05) is 0 Å². The van der Waals surface area contributed by atoms with E-state index in [1.165, 1.54) is 18.3 Å². The van der Waals surface area contributed by atoms with E-state index >= 15 is 0 Å². The number of nitrogens with one attached hydrogen (secondary N) is 1. The molecule has 1 N–H and O–H groups in total. The fraction of sp³-hybridized carbons (Fsp3) is 0. The number of anilines is 1. The summed E-state index contributed by atoms with van der Waals surface area (Å²) >= 11 is 3.19. The van der Waals surface area contributed by atoms with Crippen LogP contribution in [0.15, 0.2) is 41.0 Å². The molecule has 0 aliphatic carbocycles. The molecule has 0 aliphatic rings. The molecule has 0 atom stereocenters. The molecular formula is C12H7BrF2N2O. The van der Waals surface area contributed by atoms with Crippen LogP contribution >= 0.6 is 15.9 Å². The van der Waals surface area contributed by atoms with Crippen molar-refractivity contribution in [1.82, 2.24) is 4.98 Å². The van der Waals surface area contributed by atoms with Crippen LogP contribution in [0.4, 0.5) is 14.5 Å². The molecular weight excluding hydrogens is 306 g/mol. The first-order valence-corrected chi connectivity index (χ1v) is 5.73. The standard InChI is InChI=1S/C12H7BrF2N2O/c13-7-1-4-11(16-6-7)12(18)17-8-2-3-9(14)10(15)5-8/h1-6H,(H,17,18). The van der Waals surface area contributed by atoms with Crippen molar-refractivity contribution in [2.24, 2.45) is 0 Å². The second kappa shape index (κ2) is 5.22. The summed E-state index contributed by atoms with van der Waals surface area (Å²) in [5.41, 5.74) is 0.353. The first-order valence-electron chi connectivity index (χ1n) is 4.94. The molecule has 18 heavy (non-hydrogen) atoms. The van der Waals surface area contributed by atoms with Gasteiger partial charge in [0.05, 0.1) is 0 Å². The van der Waals surface area contributed by atoms with Crippen LogP contribution in [0.5, 0.6) is 0 Å². The lowest BCUT2D eigenvalue weighted by atomic mass is 10.2. The number of hydrogen-bond donors (Lipinski definition) is 1. The zero-order valence-corrected chi connectivity index (χ0v) is 10.5. The van der Waals surface area contributed by atoms with Crippen LogP contribution in [-0.2, 0) is 0 Å². The largest absolute Gasteiger partial charge is 0.321 e. The third-order valence-electron chi connectivity index (χ3n) is 2.14. The number of hydrogen-bond acceptors (Lipinski definition) is 2. The molecule has 0 aliphatic heterocycles. The maximum Gasteiger partial charge on any atom is 0.274 e. The molecule has 0 saturated carbocycles. The molecule has 2 rings (SSSR count). The summed E-state index contributed by atoms with van der Waals surface area (Å²) in [7, 11) is 0. The van der Waals surface area contributed by atoms with Gasteiger partial charge in [0, 0.05) is 22.4 Å². The normalized spacial score (nSPS) is 10.2. The van der Waals surface area contributed by atoms with Gasteiger partial charge in [0.1, 0.15) is 5.69 Å². The molecule has 92 valence electrons. The Morgan fingerprint density at radius 2 is 1.94 bits per heavy atom. The van der Waals surface area contributed by atoms with Crippen molar-refractivity contribution >= 4 is 27.5 Å². The lowest BCUT2D eigenvalue weighted by Crippen LogP contribution is -2.13. The lowest BCUT2D eigenvalue weighted by molar-refractivity contribution is 0.102. The highest BCUT2D eigenvalue weighted by Gasteiger charge is 2.09. The molecule has 6 heteroatoms. The summed E-state index contributed by atoms with van der Waals surface area (Å²) in [6.45, 7) is 0. The first kappa shape index (κ1) is 12.6. The number of nitrogens with zero attached hydrogens (tertiary/aromatic N) is 1. The maximum atomic E-state index is 12.9. The molecule has 1 heterocycles. The van der Waals surface area contributed by atoms with Gasteiger partial charge >= 0.3 is 0 Å². The third kappa shape index (κ3) is 2.89. The summed E-state index contributed by atoms with van der Waals surface area (Å²) in [6, 6.07) is 6.30. The minimum absolute atomic E-state index is 0.170. The van der Waals surface area contributed by atoms with Crippen LogP contribution in [0, 0.1) is 11.6 Å². The number of pyridine rings is 1. The molecule has 1 amide bonds. The summed E-state index contributed by atoms with van der Waals surface area (Å²) in [4.78, 5) is 15.6. The predicted molar refractivity (Wildman–Crippen MR) is 66.2 cm³/mol. The van der Waals surface area contributed by atoms with E-state index in [1.54, 1.807) is 6.07 Å². The van der Waals surface area contributed by atoms with Crippen molar-refractivity contribution in [3.8, 4) is 0 Å². The molecule has 1 aromatic heterocycles. The second-order valence-corrected chi connectivity index (χ2v) is 4.36. The smallest absolute Gasteiger partial charge is 0.274 e. The summed E-state index contributed by atoms with van der Waals surface area (Å²) < 4.78 is 26.4. The number of carbonyl (C=O) groups excluding carboxylic acids is 1. The Labute approximate surface area is 110 Å². The fourth-order valence-electron chi connectivity index (χ4n) is 1.28. The average Bonchev–Trinajstić information content (AvgIpc) is 2.34. The van der Waals surface area contributed by atoms with Crippen LogP contribution < -0.4 is 5.32 Å². The van der Waals surface area contributed by atoms with Gasteiger partial charge in [-0.2, -0.15) is 0 Å². The van der Waals surface area contributed by atoms with Gasteiger partial charge < -0.3 is 5.32 Å². The van der Waals surface area contributed by atoms with Crippen LogP contribution in [0.2, 0.25) is 0 Å². The Kier molecular flexibility index (Phi) is 3.66.